The minimum atomic E-state index is -10.7. The van der Waals surface area contributed by atoms with Crippen molar-refractivity contribution in [1.82, 2.24) is 0 Å². The summed E-state index contributed by atoms with van der Waals surface area (Å²) in [5, 5.41) is 17.9. The van der Waals surface area contributed by atoms with Crippen LogP contribution < -0.4 is 4.74 Å². The Labute approximate surface area is 132 Å². The fourth-order valence-corrected chi connectivity index (χ4v) is 3.14. The van der Waals surface area contributed by atoms with Gasteiger partial charge in [-0.25, -0.2) is 0 Å². The van der Waals surface area contributed by atoms with E-state index in [1.165, 1.54) is 5.56 Å². The van der Waals surface area contributed by atoms with Crippen molar-refractivity contribution in [2.45, 2.75) is 5.75 Å². The van der Waals surface area contributed by atoms with Gasteiger partial charge < -0.3 is 14.9 Å². The van der Waals surface area contributed by atoms with E-state index >= 15 is 0 Å². The first-order chi connectivity index (χ1) is 10.2. The molecule has 0 fully saturated rings. The van der Waals surface area contributed by atoms with Gasteiger partial charge in [-0.2, -0.15) is 0 Å². The summed E-state index contributed by atoms with van der Waals surface area (Å²) in [6.45, 7) is 0.387. The molecule has 0 saturated heterocycles. The predicted molar refractivity (Wildman–Crippen MR) is 81.5 cm³/mol. The molecule has 0 aliphatic heterocycles. The molecule has 23 heavy (non-hydrogen) atoms. The van der Waals surface area contributed by atoms with Crippen molar-refractivity contribution in [1.29, 1.82) is 0 Å². The van der Waals surface area contributed by atoms with Gasteiger partial charge in [0.15, 0.2) is 0 Å². The van der Waals surface area contributed by atoms with Crippen LogP contribution in [0.5, 0.6) is 5.75 Å². The van der Waals surface area contributed by atoms with E-state index < -0.39 is 7.81 Å². The van der Waals surface area contributed by atoms with Crippen LogP contribution in [0.3, 0.4) is 0 Å². The van der Waals surface area contributed by atoms with Crippen LogP contribution in [0.1, 0.15) is 5.56 Å². The summed E-state index contributed by atoms with van der Waals surface area (Å²) < 4.78 is 64.3. The number of benzene rings is 1. The standard InChI is InChI=1S/C12H19O3S.F6P/c1-15-12-4-2-11(3-5-12)10-16(8-6-13)9-7-14;1-7(2,3,4,5)6/h2-5,13-14H,6-10H2,1H3;/q+1;-1. The number of ether oxygens (including phenoxy) is 1. The minimum absolute atomic E-state index is 0.0751. The van der Waals surface area contributed by atoms with Gasteiger partial charge in [-0.3, -0.25) is 0 Å². The first-order valence-corrected chi connectivity index (χ1v) is 10.1. The van der Waals surface area contributed by atoms with Crippen molar-refractivity contribution in [3.63, 3.8) is 0 Å². The average molecular weight is 388 g/mol. The maximum atomic E-state index is 9.87. The Balaban J connectivity index is 0.000000585. The second-order valence-electron chi connectivity index (χ2n) is 4.42. The first kappa shape index (κ1) is 22.3. The normalized spacial score (nSPS) is 14.5. The topological polar surface area (TPSA) is 49.7 Å². The number of aliphatic hydroxyl groups is 2. The van der Waals surface area contributed by atoms with E-state index in [9.17, 15) is 25.2 Å². The molecule has 0 unspecified atom stereocenters. The summed E-state index contributed by atoms with van der Waals surface area (Å²) in [6.07, 6.45) is 0. The summed E-state index contributed by atoms with van der Waals surface area (Å²) in [5.74, 6) is 3.32. The molecule has 0 amide bonds. The number of halogens is 6. The predicted octanol–water partition coefficient (Wildman–Crippen LogP) is 4.18. The van der Waals surface area contributed by atoms with Crippen molar-refractivity contribution < 1.29 is 40.1 Å². The molecule has 11 heteroatoms. The first-order valence-electron chi connectivity index (χ1n) is 6.30. The van der Waals surface area contributed by atoms with Crippen molar-refractivity contribution >= 4 is 18.7 Å². The van der Waals surface area contributed by atoms with E-state index in [4.69, 9.17) is 14.9 Å². The van der Waals surface area contributed by atoms with Crippen LogP contribution in [0.2, 0.25) is 0 Å². The van der Waals surface area contributed by atoms with Crippen LogP contribution >= 0.6 is 7.81 Å². The molecule has 3 nitrogen and oxygen atoms in total. The number of rotatable bonds is 7. The monoisotopic (exact) mass is 388 g/mol. The Morgan fingerprint density at radius 1 is 0.913 bits per heavy atom. The molecule has 138 valence electrons. The van der Waals surface area contributed by atoms with Crippen molar-refractivity contribution in [2.75, 3.05) is 31.8 Å². The molecule has 0 heterocycles. The zero-order chi connectivity index (χ0) is 18.2. The van der Waals surface area contributed by atoms with E-state index in [0.717, 1.165) is 23.0 Å². The average Bonchev–Trinajstić information content (AvgIpc) is 2.36. The second-order valence-corrected chi connectivity index (χ2v) is 8.67. The van der Waals surface area contributed by atoms with Gasteiger partial charge in [0.2, 0.25) is 0 Å². The van der Waals surface area contributed by atoms with Crippen LogP contribution in [0.15, 0.2) is 24.3 Å². The third-order valence-corrected chi connectivity index (χ3v) is 4.55. The zero-order valence-electron chi connectivity index (χ0n) is 12.3. The van der Waals surface area contributed by atoms with Crippen LogP contribution in [0.25, 0.3) is 0 Å². The molecular weight excluding hydrogens is 369 g/mol. The van der Waals surface area contributed by atoms with Gasteiger partial charge >= 0.3 is 33.0 Å². The molecule has 0 aliphatic carbocycles. The van der Waals surface area contributed by atoms with Gasteiger partial charge in [0.1, 0.15) is 23.0 Å². The van der Waals surface area contributed by atoms with Gasteiger partial charge in [-0.05, 0) is 23.0 Å². The number of hydrogen-bond acceptors (Lipinski definition) is 3. The molecule has 0 aliphatic rings. The Morgan fingerprint density at radius 3 is 1.61 bits per heavy atom. The van der Waals surface area contributed by atoms with Gasteiger partial charge in [0.25, 0.3) is 0 Å². The molecule has 2 N–H and O–H groups in total. The fraction of sp³-hybridized carbons (Fsp3) is 0.500. The summed E-state index contributed by atoms with van der Waals surface area (Å²) in [6, 6.07) is 7.95. The Bertz CT molecular complexity index is 447. The van der Waals surface area contributed by atoms with Crippen LogP contribution in [0.4, 0.5) is 25.2 Å². The second kappa shape index (κ2) is 7.92. The van der Waals surface area contributed by atoms with Crippen LogP contribution in [-0.2, 0) is 16.6 Å². The molecule has 0 bridgehead atoms. The number of methoxy groups -OCH3 is 1. The van der Waals surface area contributed by atoms with E-state index in [1.54, 1.807) is 7.11 Å². The van der Waals surface area contributed by atoms with Crippen LogP contribution in [-0.4, -0.2) is 42.0 Å². The Kier molecular flexibility index (Phi) is 7.67. The number of hydrogen-bond donors (Lipinski definition) is 2. The van der Waals surface area contributed by atoms with Crippen molar-refractivity contribution in [2.24, 2.45) is 0 Å². The Hall–Kier alpha value is -0.700. The molecule has 1 aromatic rings. The third-order valence-electron chi connectivity index (χ3n) is 2.29. The summed E-state index contributed by atoms with van der Waals surface area (Å²) in [5.41, 5.74) is 1.23. The van der Waals surface area contributed by atoms with E-state index in [1.807, 2.05) is 24.3 Å². The molecule has 0 aromatic heterocycles. The van der Waals surface area contributed by atoms with Crippen molar-refractivity contribution in [3.8, 4) is 5.75 Å². The SMILES string of the molecule is COc1ccc(C[S+](CCO)CCO)cc1.F[P-](F)(F)(F)(F)F. The number of aliphatic hydroxyl groups excluding tert-OH is 2. The zero-order valence-corrected chi connectivity index (χ0v) is 14.0. The van der Waals surface area contributed by atoms with Crippen molar-refractivity contribution in [3.05, 3.63) is 29.8 Å². The third kappa shape index (κ3) is 17.5. The molecule has 1 aromatic carbocycles. The van der Waals surface area contributed by atoms with Gasteiger partial charge in [0.05, 0.1) is 20.3 Å². The van der Waals surface area contributed by atoms with E-state index in [-0.39, 0.29) is 24.1 Å². The summed E-state index contributed by atoms with van der Waals surface area (Å²) >= 11 is 0. The molecule has 0 radical (unpaired) electrons. The fourth-order valence-electron chi connectivity index (χ4n) is 1.46. The molecule has 0 spiro atoms. The summed E-state index contributed by atoms with van der Waals surface area (Å²) in [7, 11) is -8.93. The quantitative estimate of drug-likeness (QED) is 0.419. The molecular formula is C12H19F6O3PS. The Morgan fingerprint density at radius 2 is 1.30 bits per heavy atom. The summed E-state index contributed by atoms with van der Waals surface area (Å²) in [4.78, 5) is 0. The molecule has 0 saturated carbocycles. The van der Waals surface area contributed by atoms with Gasteiger partial charge in [-0.1, -0.05) is 12.1 Å². The van der Waals surface area contributed by atoms with Gasteiger partial charge in [0, 0.05) is 5.56 Å². The maximum absolute atomic E-state index is 10.7. The molecule has 0 atom stereocenters. The van der Waals surface area contributed by atoms with Gasteiger partial charge in [-0.15, -0.1) is 0 Å². The van der Waals surface area contributed by atoms with E-state index in [2.05, 4.69) is 0 Å². The van der Waals surface area contributed by atoms with Crippen LogP contribution in [0, 0.1) is 0 Å². The van der Waals surface area contributed by atoms with E-state index in [0.29, 0.717) is 0 Å². The molecule has 1 rings (SSSR count).